The molecule has 2 fully saturated rings. The number of carbonyl (C=O) groups excluding carboxylic acids is 2. The number of morpholine rings is 1. The molecule has 3 aromatic rings. The maximum absolute atomic E-state index is 13.5. The molecule has 2 amide bonds. The fourth-order valence-corrected chi connectivity index (χ4v) is 4.29. The first-order valence-corrected chi connectivity index (χ1v) is 11.4. The van der Waals surface area contributed by atoms with Crippen molar-refractivity contribution in [2.75, 3.05) is 26.3 Å². The average molecular weight is 501 g/mol. The van der Waals surface area contributed by atoms with Gasteiger partial charge in [-0.2, -0.15) is 18.2 Å². The summed E-state index contributed by atoms with van der Waals surface area (Å²) in [5.74, 6) is -2.21. The summed E-state index contributed by atoms with van der Waals surface area (Å²) < 4.78 is 47.8. The van der Waals surface area contributed by atoms with E-state index in [2.05, 4.69) is 25.0 Å². The van der Waals surface area contributed by atoms with Gasteiger partial charge in [0.1, 0.15) is 5.69 Å². The number of halogens is 3. The van der Waals surface area contributed by atoms with E-state index in [1.807, 2.05) is 30.3 Å². The average Bonchev–Trinajstić information content (AvgIpc) is 3.55. The van der Waals surface area contributed by atoms with Gasteiger partial charge in [-0.15, -0.1) is 0 Å². The van der Waals surface area contributed by atoms with Crippen molar-refractivity contribution >= 4 is 11.8 Å². The van der Waals surface area contributed by atoms with Gasteiger partial charge in [-0.3, -0.25) is 14.6 Å². The summed E-state index contributed by atoms with van der Waals surface area (Å²) in [4.78, 5) is 35.3. The summed E-state index contributed by atoms with van der Waals surface area (Å²) in [6, 6.07) is 12.1. The third kappa shape index (κ3) is 4.68. The fourth-order valence-electron chi connectivity index (χ4n) is 4.29. The first-order valence-electron chi connectivity index (χ1n) is 11.4. The summed E-state index contributed by atoms with van der Waals surface area (Å²) in [5.41, 5.74) is 0.701. The Morgan fingerprint density at radius 3 is 2.56 bits per heavy atom. The molecule has 0 unspecified atom stereocenters. The molecular weight excluding hydrogens is 479 g/mol. The molecule has 1 saturated heterocycles. The highest BCUT2D eigenvalue weighted by molar-refractivity contribution is 5.93. The molecule has 2 aliphatic rings. The van der Waals surface area contributed by atoms with Crippen molar-refractivity contribution in [3.05, 3.63) is 65.8 Å². The number of hydrogen-bond donors (Lipinski definition) is 1. The van der Waals surface area contributed by atoms with Crippen LogP contribution in [0.4, 0.5) is 13.2 Å². The molecule has 12 heteroatoms. The van der Waals surface area contributed by atoms with Crippen LogP contribution in [0, 0.1) is 0 Å². The van der Waals surface area contributed by atoms with Gasteiger partial charge in [-0.05, 0) is 30.5 Å². The molecule has 9 nitrogen and oxygen atoms in total. The lowest BCUT2D eigenvalue weighted by atomic mass is 9.93. The molecule has 36 heavy (non-hydrogen) atoms. The van der Waals surface area contributed by atoms with E-state index in [0.717, 1.165) is 18.4 Å². The first-order chi connectivity index (χ1) is 17.3. The number of rotatable bonds is 6. The van der Waals surface area contributed by atoms with Gasteiger partial charge in [-0.1, -0.05) is 35.5 Å². The molecule has 0 bridgehead atoms. The minimum Gasteiger partial charge on any atom is -0.377 e. The molecule has 0 radical (unpaired) electrons. The van der Waals surface area contributed by atoms with Crippen LogP contribution in [0.25, 0.3) is 11.4 Å². The van der Waals surface area contributed by atoms with Gasteiger partial charge in [0, 0.05) is 24.8 Å². The number of amides is 2. The normalized spacial score (nSPS) is 19.1. The van der Waals surface area contributed by atoms with E-state index in [4.69, 9.17) is 4.74 Å². The van der Waals surface area contributed by atoms with Gasteiger partial charge in [0.05, 0.1) is 24.7 Å². The van der Waals surface area contributed by atoms with Gasteiger partial charge < -0.3 is 19.5 Å². The Hall–Kier alpha value is -3.80. The minimum absolute atomic E-state index is 0.0389. The van der Waals surface area contributed by atoms with E-state index < -0.39 is 23.4 Å². The molecule has 188 valence electrons. The molecule has 3 heterocycles. The number of nitrogens with one attached hydrogen (secondary N) is 1. The van der Waals surface area contributed by atoms with Crippen LogP contribution in [0.3, 0.4) is 0 Å². The zero-order chi connectivity index (χ0) is 25.3. The highest BCUT2D eigenvalue weighted by Gasteiger charge is 2.54. The Labute approximate surface area is 203 Å². The van der Waals surface area contributed by atoms with Crippen LogP contribution < -0.4 is 5.32 Å². The minimum atomic E-state index is -4.75. The number of nitrogens with zero attached hydrogens (tertiary/aromatic N) is 4. The van der Waals surface area contributed by atoms with Crippen molar-refractivity contribution in [2.45, 2.75) is 30.5 Å². The van der Waals surface area contributed by atoms with Crippen molar-refractivity contribution < 1.29 is 32.0 Å². The summed E-state index contributed by atoms with van der Waals surface area (Å²) >= 11 is 0. The highest BCUT2D eigenvalue weighted by Crippen LogP contribution is 2.49. The predicted octanol–water partition coefficient (Wildman–Crippen LogP) is 2.84. The van der Waals surface area contributed by atoms with E-state index in [0.29, 0.717) is 19.8 Å². The highest BCUT2D eigenvalue weighted by atomic mass is 19.4. The number of aromatic nitrogens is 3. The van der Waals surface area contributed by atoms with Crippen LogP contribution >= 0.6 is 0 Å². The topological polar surface area (TPSA) is 110 Å². The Morgan fingerprint density at radius 2 is 1.92 bits per heavy atom. The summed E-state index contributed by atoms with van der Waals surface area (Å²) in [6.07, 6.45) is -1.99. The van der Waals surface area contributed by atoms with Crippen LogP contribution in [0.1, 0.15) is 34.8 Å². The summed E-state index contributed by atoms with van der Waals surface area (Å²) in [6.45, 7) is 1.32. The van der Waals surface area contributed by atoms with E-state index >= 15 is 0 Å². The standard InChI is InChI=1S/C24H22F3N5O4/c25-24(26,27)21-30-19(31-36-21)15-6-7-18(28-12-15)20(33)29-13-17-14-35-11-10-32(17)22(34)23(8-9-23)16-4-2-1-3-5-16/h1-7,12,17H,8-11,13-14H2,(H,29,33)/t17-/m1/s1. The molecule has 1 aliphatic heterocycles. The number of benzene rings is 1. The lowest BCUT2D eigenvalue weighted by molar-refractivity contribution is -0.159. The largest absolute Gasteiger partial charge is 0.471 e. The predicted molar refractivity (Wildman–Crippen MR) is 119 cm³/mol. The quantitative estimate of drug-likeness (QED) is 0.553. The van der Waals surface area contributed by atoms with Crippen LogP contribution in [0.2, 0.25) is 0 Å². The molecular formula is C24H22F3N5O4. The van der Waals surface area contributed by atoms with E-state index in [1.165, 1.54) is 18.3 Å². The molecule has 1 N–H and O–H groups in total. The van der Waals surface area contributed by atoms with Gasteiger partial charge in [0.2, 0.25) is 11.7 Å². The van der Waals surface area contributed by atoms with E-state index in [1.54, 1.807) is 4.90 Å². The number of carbonyl (C=O) groups is 2. The SMILES string of the molecule is O=C(NC[C@@H]1COCCN1C(=O)C1(c2ccccc2)CC1)c1ccc(-c2noc(C(F)(F)F)n2)cn1. The summed E-state index contributed by atoms with van der Waals surface area (Å²) in [7, 11) is 0. The third-order valence-corrected chi connectivity index (χ3v) is 6.40. The molecule has 1 saturated carbocycles. The van der Waals surface area contributed by atoms with Crippen LogP contribution in [-0.4, -0.2) is 64.2 Å². The molecule has 1 aliphatic carbocycles. The zero-order valence-electron chi connectivity index (χ0n) is 19.0. The number of ether oxygens (including phenoxy) is 1. The van der Waals surface area contributed by atoms with Crippen LogP contribution in [0.5, 0.6) is 0 Å². The van der Waals surface area contributed by atoms with Gasteiger partial charge >= 0.3 is 12.1 Å². The first kappa shape index (κ1) is 23.9. The Bertz CT molecular complexity index is 1240. The van der Waals surface area contributed by atoms with E-state index in [-0.39, 0.29) is 35.6 Å². The van der Waals surface area contributed by atoms with Gasteiger partial charge in [0.25, 0.3) is 5.91 Å². The molecule has 1 aromatic carbocycles. The third-order valence-electron chi connectivity index (χ3n) is 6.40. The van der Waals surface area contributed by atoms with Crippen molar-refractivity contribution in [3.8, 4) is 11.4 Å². The Kier molecular flexibility index (Phi) is 6.20. The van der Waals surface area contributed by atoms with Crippen LogP contribution in [0.15, 0.2) is 53.2 Å². The molecule has 5 rings (SSSR count). The van der Waals surface area contributed by atoms with Gasteiger partial charge in [-0.25, -0.2) is 0 Å². The van der Waals surface area contributed by atoms with Crippen molar-refractivity contribution in [1.82, 2.24) is 25.3 Å². The Balaban J connectivity index is 1.22. The molecule has 1 atom stereocenters. The number of alkyl halides is 3. The van der Waals surface area contributed by atoms with Crippen molar-refractivity contribution in [2.24, 2.45) is 0 Å². The second-order valence-corrected chi connectivity index (χ2v) is 8.74. The smallest absolute Gasteiger partial charge is 0.377 e. The van der Waals surface area contributed by atoms with Crippen molar-refractivity contribution in [1.29, 1.82) is 0 Å². The lowest BCUT2D eigenvalue weighted by Crippen LogP contribution is -2.56. The second kappa shape index (κ2) is 9.34. The van der Waals surface area contributed by atoms with Gasteiger partial charge in [0.15, 0.2) is 0 Å². The number of hydrogen-bond acceptors (Lipinski definition) is 7. The maximum atomic E-state index is 13.5. The maximum Gasteiger partial charge on any atom is 0.471 e. The summed E-state index contributed by atoms with van der Waals surface area (Å²) in [5, 5.41) is 6.07. The second-order valence-electron chi connectivity index (χ2n) is 8.74. The molecule has 2 aromatic heterocycles. The molecule has 0 spiro atoms. The fraction of sp³-hybridized carbons (Fsp3) is 0.375. The van der Waals surface area contributed by atoms with E-state index in [9.17, 15) is 22.8 Å². The Morgan fingerprint density at radius 1 is 1.14 bits per heavy atom. The van der Waals surface area contributed by atoms with Crippen molar-refractivity contribution in [3.63, 3.8) is 0 Å². The number of pyridine rings is 1. The monoisotopic (exact) mass is 501 g/mol. The lowest BCUT2D eigenvalue weighted by Gasteiger charge is -2.38. The zero-order valence-corrected chi connectivity index (χ0v) is 19.0. The van der Waals surface area contributed by atoms with Crippen LogP contribution in [-0.2, 0) is 21.1 Å².